The van der Waals surface area contributed by atoms with Crippen molar-refractivity contribution in [1.82, 2.24) is 20.0 Å². The van der Waals surface area contributed by atoms with Crippen LogP contribution in [-0.4, -0.2) is 25.9 Å². The van der Waals surface area contributed by atoms with E-state index >= 15 is 0 Å². The molecule has 0 fully saturated rings. The minimum atomic E-state index is -0.213. The van der Waals surface area contributed by atoms with Gasteiger partial charge in [-0.15, -0.1) is 0 Å². The Morgan fingerprint density at radius 2 is 1.88 bits per heavy atom. The topological polar surface area (TPSA) is 104 Å². The lowest BCUT2D eigenvalue weighted by atomic mass is 10.4. The number of hydrogen-bond acceptors (Lipinski definition) is 3. The molecular formula is C10H18N4O3. The van der Waals surface area contributed by atoms with E-state index in [0.29, 0.717) is 5.56 Å². The van der Waals surface area contributed by atoms with Crippen LogP contribution in [0.5, 0.6) is 0 Å². The number of aromatic nitrogens is 4. The van der Waals surface area contributed by atoms with Crippen LogP contribution in [0.4, 0.5) is 0 Å². The Bertz CT molecular complexity index is 623. The smallest absolute Gasteiger partial charge is 0.267 e. The first-order chi connectivity index (χ1) is 7.91. The zero-order valence-electron chi connectivity index (χ0n) is 9.83. The van der Waals surface area contributed by atoms with E-state index in [1.807, 2.05) is 0 Å². The number of aryl methyl sites for hydroxylation is 2. The minimum absolute atomic E-state index is 0. The van der Waals surface area contributed by atoms with Gasteiger partial charge in [-0.3, -0.25) is 24.6 Å². The molecule has 0 amide bonds. The molecule has 0 atom stereocenters. The maximum absolute atomic E-state index is 10.7. The molecule has 0 aliphatic rings. The van der Waals surface area contributed by atoms with Crippen molar-refractivity contribution >= 4 is 5.91 Å². The van der Waals surface area contributed by atoms with Gasteiger partial charge in [0.15, 0.2) is 0 Å². The van der Waals surface area contributed by atoms with E-state index in [4.69, 9.17) is 0 Å². The molecule has 0 unspecified atom stereocenters. The second kappa shape index (κ2) is 5.15. The fourth-order valence-electron chi connectivity index (χ4n) is 1.03. The van der Waals surface area contributed by atoms with Crippen LogP contribution >= 0.6 is 0 Å². The number of nitrogens with zero attached hydrogens (tertiary/aromatic N) is 1. The van der Waals surface area contributed by atoms with Gasteiger partial charge in [0.25, 0.3) is 11.1 Å². The second-order valence-corrected chi connectivity index (χ2v) is 3.57. The molecule has 2 rings (SSSR count). The van der Waals surface area contributed by atoms with E-state index in [2.05, 4.69) is 15.3 Å². The Hall–Kier alpha value is -2.31. The van der Waals surface area contributed by atoms with Gasteiger partial charge in [-0.25, -0.2) is 4.68 Å². The fraction of sp³-hybridized carbons (Fsp3) is 0.300. The van der Waals surface area contributed by atoms with Crippen molar-refractivity contribution < 1.29 is 7.65 Å². The van der Waals surface area contributed by atoms with Crippen LogP contribution in [0.15, 0.2) is 22.0 Å². The van der Waals surface area contributed by atoms with E-state index in [-0.39, 0.29) is 19.9 Å². The van der Waals surface area contributed by atoms with Crippen LogP contribution in [0.2, 0.25) is 0 Å². The van der Waals surface area contributed by atoms with E-state index in [1.165, 1.54) is 13.1 Å². The summed E-state index contributed by atoms with van der Waals surface area (Å²) in [6.45, 7) is 4.78. The van der Waals surface area contributed by atoms with E-state index < -0.39 is 0 Å². The average Bonchev–Trinajstić information content (AvgIpc) is 2.77. The Morgan fingerprint density at radius 3 is 2.06 bits per heavy atom. The number of aromatic amines is 3. The Kier molecular flexibility index (Phi) is 3.86. The molecule has 0 aliphatic heterocycles. The van der Waals surface area contributed by atoms with E-state index in [9.17, 15) is 14.4 Å². The monoisotopic (exact) mass is 242 g/mol. The van der Waals surface area contributed by atoms with Gasteiger partial charge < -0.3 is 5.10 Å². The van der Waals surface area contributed by atoms with Crippen molar-refractivity contribution in [2.24, 2.45) is 0 Å². The molecule has 2 aromatic heterocycles. The predicted octanol–water partition coefficient (Wildman–Crippen LogP) is 0.648. The molecular weight excluding hydrogens is 224 g/mol. The molecule has 2 heterocycles. The van der Waals surface area contributed by atoms with Gasteiger partial charge >= 0.3 is 0 Å². The summed E-state index contributed by atoms with van der Waals surface area (Å²) in [5.41, 5.74) is 1.02. The fourth-order valence-corrected chi connectivity index (χ4v) is 1.03. The molecule has 0 saturated heterocycles. The highest BCUT2D eigenvalue weighted by Gasteiger charge is 1.99. The largest absolute Gasteiger partial charge is 0.305 e. The van der Waals surface area contributed by atoms with Crippen LogP contribution in [0.25, 0.3) is 0 Å². The molecule has 0 radical (unpaired) electrons. The summed E-state index contributed by atoms with van der Waals surface area (Å²) in [5, 5.41) is 7.30. The van der Waals surface area contributed by atoms with Crippen molar-refractivity contribution in [3.63, 3.8) is 0 Å². The number of hydrogen-bond donors (Lipinski definition) is 3. The van der Waals surface area contributed by atoms with E-state index in [1.54, 1.807) is 20.0 Å². The normalized spacial score (nSPS) is 9.59. The zero-order valence-corrected chi connectivity index (χ0v) is 9.83. The van der Waals surface area contributed by atoms with Crippen LogP contribution in [0.3, 0.4) is 0 Å². The van der Waals surface area contributed by atoms with Crippen molar-refractivity contribution in [3.8, 4) is 0 Å². The molecule has 96 valence electrons. The summed E-state index contributed by atoms with van der Waals surface area (Å²) in [4.78, 5) is 31.7. The Morgan fingerprint density at radius 1 is 1.24 bits per heavy atom. The SMILES string of the molecule is CC(=O)n1cc(C)c(=O)[nH]1.Cc1c[nH][nH]c1=O.[HH].[HH]. The quantitative estimate of drug-likeness (QED) is 0.631. The third kappa shape index (κ3) is 3.33. The van der Waals surface area contributed by atoms with Crippen molar-refractivity contribution in [1.29, 1.82) is 0 Å². The van der Waals surface area contributed by atoms with Crippen molar-refractivity contribution in [2.45, 2.75) is 20.8 Å². The highest BCUT2D eigenvalue weighted by molar-refractivity contribution is 5.74. The summed E-state index contributed by atoms with van der Waals surface area (Å²) in [5.74, 6) is -0.190. The first-order valence-electron chi connectivity index (χ1n) is 4.93. The molecule has 0 spiro atoms. The Labute approximate surface area is 99.4 Å². The second-order valence-electron chi connectivity index (χ2n) is 3.57. The molecule has 2 aromatic rings. The van der Waals surface area contributed by atoms with Gasteiger partial charge in [0.05, 0.1) is 0 Å². The summed E-state index contributed by atoms with van der Waals surface area (Å²) in [6, 6.07) is 0. The molecule has 0 bridgehead atoms. The van der Waals surface area contributed by atoms with Crippen LogP contribution in [0.1, 0.15) is 25.7 Å². The van der Waals surface area contributed by atoms with Gasteiger partial charge in [0.1, 0.15) is 0 Å². The lowest BCUT2D eigenvalue weighted by molar-refractivity contribution is 0.0920. The minimum Gasteiger partial charge on any atom is -0.305 e. The Balaban J connectivity index is 0. The maximum Gasteiger partial charge on any atom is 0.267 e. The number of carbonyl (C=O) groups is 1. The summed E-state index contributed by atoms with van der Waals surface area (Å²) >= 11 is 0. The lowest BCUT2D eigenvalue weighted by Crippen LogP contribution is -2.10. The van der Waals surface area contributed by atoms with Crippen LogP contribution in [0, 0.1) is 13.8 Å². The van der Waals surface area contributed by atoms with Gasteiger partial charge in [-0.05, 0) is 13.8 Å². The first-order valence-corrected chi connectivity index (χ1v) is 4.93. The molecule has 0 aliphatic carbocycles. The summed E-state index contributed by atoms with van der Waals surface area (Å²) in [7, 11) is 0. The van der Waals surface area contributed by atoms with Gasteiger partial charge in [-0.1, -0.05) is 0 Å². The van der Waals surface area contributed by atoms with Gasteiger partial charge in [0, 0.05) is 33.3 Å². The number of nitrogens with one attached hydrogen (secondary N) is 3. The van der Waals surface area contributed by atoms with Crippen LogP contribution < -0.4 is 11.1 Å². The number of carbonyl (C=O) groups excluding carboxylic acids is 1. The highest BCUT2D eigenvalue weighted by atomic mass is 16.2. The highest BCUT2D eigenvalue weighted by Crippen LogP contribution is 1.85. The molecule has 7 nitrogen and oxygen atoms in total. The third-order valence-electron chi connectivity index (χ3n) is 2.07. The number of H-pyrrole nitrogens is 3. The van der Waals surface area contributed by atoms with E-state index in [0.717, 1.165) is 10.2 Å². The molecule has 0 saturated carbocycles. The van der Waals surface area contributed by atoms with Gasteiger partial charge in [0.2, 0.25) is 5.91 Å². The molecule has 7 heteroatoms. The maximum atomic E-state index is 10.7. The number of rotatable bonds is 0. The zero-order chi connectivity index (χ0) is 13.0. The summed E-state index contributed by atoms with van der Waals surface area (Å²) < 4.78 is 1.16. The van der Waals surface area contributed by atoms with Crippen molar-refractivity contribution in [2.75, 3.05) is 0 Å². The molecule has 3 N–H and O–H groups in total. The van der Waals surface area contributed by atoms with Gasteiger partial charge in [-0.2, -0.15) is 0 Å². The summed E-state index contributed by atoms with van der Waals surface area (Å²) in [6.07, 6.45) is 3.10. The van der Waals surface area contributed by atoms with Crippen molar-refractivity contribution in [3.05, 3.63) is 44.2 Å². The standard InChI is InChI=1S/C6H8N2O2.C4H6N2O.2H2/c1-4-3-8(5(2)9)7-6(4)10;1-3-2-5-6-4(3)7;;/h3H,1-2H3,(H,7,10);2H,1H3,(H2,5,6,7);2*1H. The lowest BCUT2D eigenvalue weighted by Gasteiger charge is -1.89. The first kappa shape index (κ1) is 12.8. The molecule has 0 aromatic carbocycles. The molecule has 17 heavy (non-hydrogen) atoms. The third-order valence-corrected chi connectivity index (χ3v) is 2.07. The van der Waals surface area contributed by atoms with Crippen LogP contribution in [-0.2, 0) is 0 Å². The average molecular weight is 242 g/mol. The predicted molar refractivity (Wildman–Crippen MR) is 66.5 cm³/mol.